The lowest BCUT2D eigenvalue weighted by molar-refractivity contribution is 0.0761. The minimum Gasteiger partial charge on any atom is -0.292 e. The van der Waals surface area contributed by atoms with Crippen LogP contribution in [0.25, 0.3) is 0 Å². The molecule has 0 radical (unpaired) electrons. The molecule has 1 unspecified atom stereocenters. The highest BCUT2D eigenvalue weighted by atomic mass is 15.2. The Bertz CT molecular complexity index is 367. The summed E-state index contributed by atoms with van der Waals surface area (Å²) in [5.41, 5.74) is 1.99. The van der Waals surface area contributed by atoms with Crippen molar-refractivity contribution in [3.63, 3.8) is 0 Å². The van der Waals surface area contributed by atoms with E-state index in [4.69, 9.17) is 0 Å². The summed E-state index contributed by atoms with van der Waals surface area (Å²) < 4.78 is 0. The molecule has 1 aromatic rings. The molecule has 0 fully saturated rings. The molecule has 1 atom stereocenters. The summed E-state index contributed by atoms with van der Waals surface area (Å²) in [4.78, 5) is 2.62. The highest BCUT2D eigenvalue weighted by Crippen LogP contribution is 2.30. The molecular formula is C18H31N. The number of hydrogen-bond donors (Lipinski definition) is 0. The van der Waals surface area contributed by atoms with Crippen LogP contribution >= 0.6 is 0 Å². The van der Waals surface area contributed by atoms with Crippen LogP contribution in [0.15, 0.2) is 30.3 Å². The van der Waals surface area contributed by atoms with E-state index in [0.29, 0.717) is 11.5 Å². The first-order chi connectivity index (χ1) is 8.61. The maximum absolute atomic E-state index is 2.62. The molecule has 1 heteroatoms. The minimum atomic E-state index is 0.195. The van der Waals surface area contributed by atoms with Gasteiger partial charge < -0.3 is 0 Å². The average Bonchev–Trinajstić information content (AvgIpc) is 2.26. The summed E-state index contributed by atoms with van der Waals surface area (Å²) in [7, 11) is 0. The van der Waals surface area contributed by atoms with Crippen LogP contribution in [0.5, 0.6) is 0 Å². The molecule has 0 saturated heterocycles. The lowest BCUT2D eigenvalue weighted by atomic mass is 9.90. The molecule has 0 aromatic heterocycles. The van der Waals surface area contributed by atoms with Gasteiger partial charge in [0.15, 0.2) is 0 Å². The fourth-order valence-corrected chi connectivity index (χ4v) is 2.48. The predicted molar refractivity (Wildman–Crippen MR) is 85.4 cm³/mol. The highest BCUT2D eigenvalue weighted by Gasteiger charge is 2.28. The smallest absolute Gasteiger partial charge is 0.0325 e. The quantitative estimate of drug-likeness (QED) is 0.712. The standard InChI is InChI=1S/C18H31N/c1-15(16-11-9-8-10-12-16)19(18(5,6)7)14-13-17(2,3)4/h8-12,15H,13-14H2,1-7H3. The molecule has 0 heterocycles. The topological polar surface area (TPSA) is 3.24 Å². The van der Waals surface area contributed by atoms with E-state index in [1.54, 1.807) is 0 Å². The van der Waals surface area contributed by atoms with E-state index in [1.807, 2.05) is 0 Å². The summed E-state index contributed by atoms with van der Waals surface area (Å²) >= 11 is 0. The highest BCUT2D eigenvalue weighted by molar-refractivity contribution is 5.18. The fraction of sp³-hybridized carbons (Fsp3) is 0.667. The van der Waals surface area contributed by atoms with E-state index in [9.17, 15) is 0 Å². The van der Waals surface area contributed by atoms with Gasteiger partial charge in [0.2, 0.25) is 0 Å². The van der Waals surface area contributed by atoms with Gasteiger partial charge in [-0.3, -0.25) is 4.90 Å². The lowest BCUT2D eigenvalue weighted by Gasteiger charge is -2.42. The van der Waals surface area contributed by atoms with Crippen molar-refractivity contribution in [1.82, 2.24) is 4.90 Å². The van der Waals surface area contributed by atoms with E-state index >= 15 is 0 Å². The third-order valence-electron chi connectivity index (χ3n) is 3.71. The Balaban J connectivity index is 2.86. The van der Waals surface area contributed by atoms with Gasteiger partial charge in [-0.05, 0) is 51.6 Å². The van der Waals surface area contributed by atoms with E-state index in [1.165, 1.54) is 12.0 Å². The van der Waals surface area contributed by atoms with Gasteiger partial charge in [-0.25, -0.2) is 0 Å². The van der Waals surface area contributed by atoms with Crippen LogP contribution in [0.3, 0.4) is 0 Å². The molecule has 1 nitrogen and oxygen atoms in total. The first kappa shape index (κ1) is 16.2. The predicted octanol–water partition coefficient (Wildman–Crippen LogP) is 5.28. The second kappa shape index (κ2) is 6.09. The van der Waals surface area contributed by atoms with Crippen molar-refractivity contribution < 1.29 is 0 Å². The van der Waals surface area contributed by atoms with Crippen LogP contribution < -0.4 is 0 Å². The number of hydrogen-bond acceptors (Lipinski definition) is 1. The summed E-state index contributed by atoms with van der Waals surface area (Å²) in [6.45, 7) is 17.4. The average molecular weight is 261 g/mol. The van der Waals surface area contributed by atoms with Crippen molar-refractivity contribution in [1.29, 1.82) is 0 Å². The molecule has 19 heavy (non-hydrogen) atoms. The summed E-state index contributed by atoms with van der Waals surface area (Å²) in [6, 6.07) is 11.3. The molecule has 108 valence electrons. The van der Waals surface area contributed by atoms with Gasteiger partial charge >= 0.3 is 0 Å². The van der Waals surface area contributed by atoms with Crippen molar-refractivity contribution in [3.05, 3.63) is 35.9 Å². The Kier molecular flexibility index (Phi) is 5.20. The maximum Gasteiger partial charge on any atom is 0.0325 e. The molecule has 1 rings (SSSR count). The Morgan fingerprint density at radius 2 is 1.47 bits per heavy atom. The Morgan fingerprint density at radius 1 is 0.947 bits per heavy atom. The molecule has 0 bridgehead atoms. The maximum atomic E-state index is 2.62. The van der Waals surface area contributed by atoms with E-state index < -0.39 is 0 Å². The van der Waals surface area contributed by atoms with Crippen LogP contribution in [-0.4, -0.2) is 17.0 Å². The van der Waals surface area contributed by atoms with Crippen LogP contribution in [0, 0.1) is 5.41 Å². The van der Waals surface area contributed by atoms with Crippen molar-refractivity contribution in [2.24, 2.45) is 5.41 Å². The van der Waals surface area contributed by atoms with Crippen LogP contribution in [0.4, 0.5) is 0 Å². The van der Waals surface area contributed by atoms with Gasteiger partial charge in [0, 0.05) is 11.6 Å². The van der Waals surface area contributed by atoms with E-state index in [0.717, 1.165) is 6.54 Å². The van der Waals surface area contributed by atoms with E-state index in [-0.39, 0.29) is 5.54 Å². The van der Waals surface area contributed by atoms with Gasteiger partial charge in [-0.15, -0.1) is 0 Å². The van der Waals surface area contributed by atoms with Crippen molar-refractivity contribution in [2.45, 2.75) is 66.5 Å². The Hall–Kier alpha value is -0.820. The van der Waals surface area contributed by atoms with E-state index in [2.05, 4.69) is 83.7 Å². The molecule has 0 amide bonds. The molecule has 0 N–H and O–H groups in total. The Labute approximate surface area is 120 Å². The Morgan fingerprint density at radius 3 is 1.89 bits per heavy atom. The number of rotatable bonds is 4. The van der Waals surface area contributed by atoms with Crippen molar-refractivity contribution in [3.8, 4) is 0 Å². The largest absolute Gasteiger partial charge is 0.292 e. The molecule has 0 saturated carbocycles. The summed E-state index contributed by atoms with van der Waals surface area (Å²) in [5, 5.41) is 0. The second-order valence-corrected chi connectivity index (χ2v) is 7.76. The molecule has 0 aliphatic heterocycles. The summed E-state index contributed by atoms with van der Waals surface area (Å²) in [5.74, 6) is 0. The summed E-state index contributed by atoms with van der Waals surface area (Å²) in [6.07, 6.45) is 1.22. The van der Waals surface area contributed by atoms with Gasteiger partial charge in [0.05, 0.1) is 0 Å². The molecule has 0 aliphatic rings. The van der Waals surface area contributed by atoms with Crippen molar-refractivity contribution >= 4 is 0 Å². The number of benzene rings is 1. The first-order valence-corrected chi connectivity index (χ1v) is 7.43. The van der Waals surface area contributed by atoms with Gasteiger partial charge in [0.25, 0.3) is 0 Å². The SMILES string of the molecule is CC(c1ccccc1)N(CCC(C)(C)C)C(C)(C)C. The zero-order valence-corrected chi connectivity index (χ0v) is 13.8. The van der Waals surface area contributed by atoms with Crippen molar-refractivity contribution in [2.75, 3.05) is 6.54 Å². The molecule has 1 aromatic carbocycles. The zero-order chi connectivity index (χ0) is 14.7. The third kappa shape index (κ3) is 5.36. The third-order valence-corrected chi connectivity index (χ3v) is 3.71. The lowest BCUT2D eigenvalue weighted by Crippen LogP contribution is -2.44. The second-order valence-electron chi connectivity index (χ2n) is 7.76. The van der Waals surface area contributed by atoms with Gasteiger partial charge in [-0.1, -0.05) is 51.1 Å². The zero-order valence-electron chi connectivity index (χ0n) is 13.8. The monoisotopic (exact) mass is 261 g/mol. The number of nitrogens with zero attached hydrogens (tertiary/aromatic N) is 1. The fourth-order valence-electron chi connectivity index (χ4n) is 2.48. The molecular weight excluding hydrogens is 230 g/mol. The van der Waals surface area contributed by atoms with Gasteiger partial charge in [-0.2, -0.15) is 0 Å². The molecule has 0 aliphatic carbocycles. The molecule has 0 spiro atoms. The first-order valence-electron chi connectivity index (χ1n) is 7.43. The normalized spacial score (nSPS) is 14.7. The minimum absolute atomic E-state index is 0.195. The van der Waals surface area contributed by atoms with Crippen LogP contribution in [-0.2, 0) is 0 Å². The van der Waals surface area contributed by atoms with Gasteiger partial charge in [0.1, 0.15) is 0 Å². The van der Waals surface area contributed by atoms with Crippen LogP contribution in [0.2, 0.25) is 0 Å². The van der Waals surface area contributed by atoms with Crippen LogP contribution in [0.1, 0.15) is 66.5 Å².